The van der Waals surface area contributed by atoms with E-state index in [1.807, 2.05) is 61.0 Å². The fraction of sp³-hybridized carbons (Fsp3) is 0.188. The zero-order valence-electron chi connectivity index (χ0n) is 11.4. The SMILES string of the molecule is Cc1ccccc1OCc1nc2ccc(Cl)cc2n1C. The molecule has 0 radical (unpaired) electrons. The molecule has 1 heterocycles. The van der Waals surface area contributed by atoms with Crippen molar-refractivity contribution in [3.8, 4) is 5.75 Å². The number of hydrogen-bond acceptors (Lipinski definition) is 2. The smallest absolute Gasteiger partial charge is 0.147 e. The molecule has 4 heteroatoms. The summed E-state index contributed by atoms with van der Waals surface area (Å²) in [5.41, 5.74) is 3.07. The van der Waals surface area contributed by atoms with E-state index in [1.165, 1.54) is 0 Å². The van der Waals surface area contributed by atoms with E-state index in [9.17, 15) is 0 Å². The van der Waals surface area contributed by atoms with Crippen molar-refractivity contribution in [3.63, 3.8) is 0 Å². The molecule has 0 N–H and O–H groups in total. The highest BCUT2D eigenvalue weighted by Crippen LogP contribution is 2.22. The first-order chi connectivity index (χ1) is 9.65. The number of aromatic nitrogens is 2. The molecule has 0 fully saturated rings. The standard InChI is InChI=1S/C16H15ClN2O/c1-11-5-3-4-6-15(11)20-10-16-18-13-8-7-12(17)9-14(13)19(16)2/h3-9H,10H2,1-2H3. The number of ether oxygens (including phenoxy) is 1. The summed E-state index contributed by atoms with van der Waals surface area (Å²) < 4.78 is 7.86. The number of aryl methyl sites for hydroxylation is 2. The maximum absolute atomic E-state index is 6.02. The zero-order valence-corrected chi connectivity index (χ0v) is 12.2. The summed E-state index contributed by atoms with van der Waals surface area (Å²) >= 11 is 6.02. The topological polar surface area (TPSA) is 27.1 Å². The van der Waals surface area contributed by atoms with Crippen LogP contribution in [0.1, 0.15) is 11.4 Å². The number of rotatable bonds is 3. The molecule has 102 valence electrons. The average molecular weight is 287 g/mol. The molecular weight excluding hydrogens is 272 g/mol. The Labute approximate surface area is 122 Å². The van der Waals surface area contributed by atoms with Crippen LogP contribution in [0.25, 0.3) is 11.0 Å². The Bertz CT molecular complexity index is 764. The van der Waals surface area contributed by atoms with Gasteiger partial charge >= 0.3 is 0 Å². The highest BCUT2D eigenvalue weighted by molar-refractivity contribution is 6.31. The Morgan fingerprint density at radius 1 is 1.20 bits per heavy atom. The van der Waals surface area contributed by atoms with E-state index < -0.39 is 0 Å². The second-order valence-corrected chi connectivity index (χ2v) is 5.21. The third-order valence-corrected chi connectivity index (χ3v) is 3.62. The highest BCUT2D eigenvalue weighted by atomic mass is 35.5. The van der Waals surface area contributed by atoms with E-state index in [2.05, 4.69) is 4.98 Å². The van der Waals surface area contributed by atoms with Gasteiger partial charge in [0.1, 0.15) is 18.2 Å². The zero-order chi connectivity index (χ0) is 14.1. The number of halogens is 1. The number of hydrogen-bond donors (Lipinski definition) is 0. The molecule has 3 aromatic rings. The predicted octanol–water partition coefficient (Wildman–Crippen LogP) is 4.11. The molecule has 2 aromatic carbocycles. The summed E-state index contributed by atoms with van der Waals surface area (Å²) in [7, 11) is 1.97. The number of para-hydroxylation sites is 1. The molecule has 0 saturated carbocycles. The molecule has 3 nitrogen and oxygen atoms in total. The summed E-state index contributed by atoms with van der Waals surface area (Å²) in [6.07, 6.45) is 0. The normalized spacial score (nSPS) is 10.9. The maximum Gasteiger partial charge on any atom is 0.147 e. The van der Waals surface area contributed by atoms with Crippen LogP contribution in [0, 0.1) is 6.92 Å². The van der Waals surface area contributed by atoms with Gasteiger partial charge in [0.15, 0.2) is 0 Å². The minimum Gasteiger partial charge on any atom is -0.485 e. The van der Waals surface area contributed by atoms with Crippen molar-refractivity contribution in [3.05, 3.63) is 58.9 Å². The molecule has 0 saturated heterocycles. The van der Waals surface area contributed by atoms with Crippen LogP contribution in [0.15, 0.2) is 42.5 Å². The van der Waals surface area contributed by atoms with Gasteiger partial charge in [-0.3, -0.25) is 0 Å². The van der Waals surface area contributed by atoms with Crippen LogP contribution in [0.4, 0.5) is 0 Å². The van der Waals surface area contributed by atoms with Crippen LogP contribution < -0.4 is 4.74 Å². The number of benzene rings is 2. The molecule has 20 heavy (non-hydrogen) atoms. The van der Waals surface area contributed by atoms with E-state index >= 15 is 0 Å². The summed E-state index contributed by atoms with van der Waals surface area (Å²) in [5.74, 6) is 1.77. The molecule has 3 rings (SSSR count). The quantitative estimate of drug-likeness (QED) is 0.724. The largest absolute Gasteiger partial charge is 0.485 e. The van der Waals surface area contributed by atoms with Crippen molar-refractivity contribution in [2.24, 2.45) is 7.05 Å². The Morgan fingerprint density at radius 2 is 2.00 bits per heavy atom. The first kappa shape index (κ1) is 13.0. The molecule has 0 aliphatic carbocycles. The Balaban J connectivity index is 1.88. The Hall–Kier alpha value is -2.00. The van der Waals surface area contributed by atoms with E-state index in [-0.39, 0.29) is 0 Å². The van der Waals surface area contributed by atoms with Gasteiger partial charge in [-0.15, -0.1) is 0 Å². The van der Waals surface area contributed by atoms with Gasteiger partial charge < -0.3 is 9.30 Å². The number of imidazole rings is 1. The van der Waals surface area contributed by atoms with Gasteiger partial charge in [0.25, 0.3) is 0 Å². The molecule has 0 unspecified atom stereocenters. The summed E-state index contributed by atoms with van der Waals surface area (Å²) in [6.45, 7) is 2.47. The monoisotopic (exact) mass is 286 g/mol. The summed E-state index contributed by atoms with van der Waals surface area (Å²) in [6, 6.07) is 13.7. The molecule has 1 aromatic heterocycles. The third kappa shape index (κ3) is 2.37. The number of fused-ring (bicyclic) bond motifs is 1. The predicted molar refractivity (Wildman–Crippen MR) is 81.2 cm³/mol. The van der Waals surface area contributed by atoms with E-state index in [0.717, 1.165) is 28.2 Å². The second kappa shape index (κ2) is 5.17. The van der Waals surface area contributed by atoms with Crippen LogP contribution in [-0.2, 0) is 13.7 Å². The van der Waals surface area contributed by atoms with Crippen molar-refractivity contribution in [2.45, 2.75) is 13.5 Å². The lowest BCUT2D eigenvalue weighted by atomic mass is 10.2. The highest BCUT2D eigenvalue weighted by Gasteiger charge is 2.09. The molecule has 0 amide bonds. The van der Waals surface area contributed by atoms with Crippen LogP contribution >= 0.6 is 11.6 Å². The van der Waals surface area contributed by atoms with Gasteiger partial charge in [0.05, 0.1) is 11.0 Å². The van der Waals surface area contributed by atoms with Crippen molar-refractivity contribution >= 4 is 22.6 Å². The number of nitrogens with zero attached hydrogens (tertiary/aromatic N) is 2. The van der Waals surface area contributed by atoms with Gasteiger partial charge in [-0.25, -0.2) is 4.98 Å². The Kier molecular flexibility index (Phi) is 3.36. The average Bonchev–Trinajstić information content (AvgIpc) is 2.75. The van der Waals surface area contributed by atoms with Crippen molar-refractivity contribution in [1.29, 1.82) is 0 Å². The fourth-order valence-corrected chi connectivity index (χ4v) is 2.37. The van der Waals surface area contributed by atoms with Crippen LogP contribution in [-0.4, -0.2) is 9.55 Å². The van der Waals surface area contributed by atoms with Gasteiger partial charge in [-0.1, -0.05) is 29.8 Å². The van der Waals surface area contributed by atoms with Gasteiger partial charge in [0.2, 0.25) is 0 Å². The van der Waals surface area contributed by atoms with Gasteiger partial charge in [-0.2, -0.15) is 0 Å². The minimum atomic E-state index is 0.438. The first-order valence-electron chi connectivity index (χ1n) is 6.44. The third-order valence-electron chi connectivity index (χ3n) is 3.39. The van der Waals surface area contributed by atoms with Crippen molar-refractivity contribution in [1.82, 2.24) is 9.55 Å². The Morgan fingerprint density at radius 3 is 2.80 bits per heavy atom. The second-order valence-electron chi connectivity index (χ2n) is 4.77. The molecule has 0 atom stereocenters. The minimum absolute atomic E-state index is 0.438. The summed E-state index contributed by atoms with van der Waals surface area (Å²) in [5, 5.41) is 0.715. The lowest BCUT2D eigenvalue weighted by molar-refractivity contribution is 0.290. The molecular formula is C16H15ClN2O. The lowest BCUT2D eigenvalue weighted by Gasteiger charge is -2.08. The molecule has 0 spiro atoms. The van der Waals surface area contributed by atoms with Gasteiger partial charge in [0, 0.05) is 12.1 Å². The lowest BCUT2D eigenvalue weighted by Crippen LogP contribution is -2.04. The van der Waals surface area contributed by atoms with Crippen LogP contribution in [0.5, 0.6) is 5.75 Å². The van der Waals surface area contributed by atoms with Crippen molar-refractivity contribution < 1.29 is 4.74 Å². The van der Waals surface area contributed by atoms with E-state index in [0.29, 0.717) is 11.6 Å². The first-order valence-corrected chi connectivity index (χ1v) is 6.82. The fourth-order valence-electron chi connectivity index (χ4n) is 2.20. The van der Waals surface area contributed by atoms with Crippen LogP contribution in [0.3, 0.4) is 0 Å². The van der Waals surface area contributed by atoms with E-state index in [4.69, 9.17) is 16.3 Å². The maximum atomic E-state index is 6.02. The molecule has 0 bridgehead atoms. The summed E-state index contributed by atoms with van der Waals surface area (Å²) in [4.78, 5) is 4.58. The molecule has 0 aliphatic heterocycles. The molecule has 0 aliphatic rings. The van der Waals surface area contributed by atoms with Gasteiger partial charge in [-0.05, 0) is 36.8 Å². The van der Waals surface area contributed by atoms with E-state index in [1.54, 1.807) is 0 Å². The van der Waals surface area contributed by atoms with Crippen molar-refractivity contribution in [2.75, 3.05) is 0 Å². The van der Waals surface area contributed by atoms with Crippen LogP contribution in [0.2, 0.25) is 5.02 Å².